The summed E-state index contributed by atoms with van der Waals surface area (Å²) in [5, 5.41) is 9.45. The summed E-state index contributed by atoms with van der Waals surface area (Å²) in [6, 6.07) is 1.34. The molecule has 1 fully saturated rings. The molecule has 1 aromatic rings. The number of aromatic nitrogens is 2. The minimum atomic E-state index is -4.93. The first-order valence-corrected chi connectivity index (χ1v) is 8.72. The molecular formula is C12H20N3O9P. The molecule has 13 heteroatoms. The number of hydrogen-bond donors (Lipinski definition) is 4. The van der Waals surface area contributed by atoms with Crippen LogP contribution in [0, 0.1) is 0 Å². The molecule has 5 N–H and O–H groups in total. The van der Waals surface area contributed by atoms with Crippen LogP contribution in [0.15, 0.2) is 17.1 Å². The number of nitrogens with two attached hydrogens (primary N) is 1. The van der Waals surface area contributed by atoms with Crippen LogP contribution in [0.25, 0.3) is 0 Å². The van der Waals surface area contributed by atoms with E-state index in [1.165, 1.54) is 26.3 Å². The Morgan fingerprint density at radius 2 is 2.16 bits per heavy atom. The molecule has 25 heavy (non-hydrogen) atoms. The molecule has 1 aromatic heterocycles. The zero-order valence-corrected chi connectivity index (χ0v) is 14.4. The van der Waals surface area contributed by atoms with E-state index in [9.17, 15) is 14.5 Å². The summed E-state index contributed by atoms with van der Waals surface area (Å²) in [6.07, 6.45) is -4.39. The van der Waals surface area contributed by atoms with Crippen molar-refractivity contribution in [3.63, 3.8) is 0 Å². The summed E-state index contributed by atoms with van der Waals surface area (Å²) in [5.74, 6) is -0.0105. The van der Waals surface area contributed by atoms with Gasteiger partial charge < -0.3 is 34.8 Å². The number of phosphoric ester groups is 1. The van der Waals surface area contributed by atoms with Crippen LogP contribution in [0.3, 0.4) is 0 Å². The van der Waals surface area contributed by atoms with E-state index in [4.69, 9.17) is 34.3 Å². The van der Waals surface area contributed by atoms with Gasteiger partial charge in [-0.25, -0.2) is 9.36 Å². The fourth-order valence-electron chi connectivity index (χ4n) is 2.41. The van der Waals surface area contributed by atoms with E-state index in [0.717, 1.165) is 4.57 Å². The molecule has 0 bridgehead atoms. The number of methoxy groups -OCH3 is 1. The summed E-state index contributed by atoms with van der Waals surface area (Å²) < 4.78 is 33.0. The predicted octanol–water partition coefficient (Wildman–Crippen LogP) is -1.43. The van der Waals surface area contributed by atoms with Crippen molar-refractivity contribution in [2.24, 2.45) is 0 Å². The lowest BCUT2D eigenvalue weighted by Crippen LogP contribution is -2.41. The van der Waals surface area contributed by atoms with E-state index in [1.54, 1.807) is 0 Å². The molecule has 0 spiro atoms. The Bertz CT molecular complexity index is 693. The fraction of sp³-hybridized carbons (Fsp3) is 0.667. The Hall–Kier alpha value is -1.37. The van der Waals surface area contributed by atoms with Crippen LogP contribution < -0.4 is 11.4 Å². The van der Waals surface area contributed by atoms with E-state index >= 15 is 0 Å². The zero-order valence-electron chi connectivity index (χ0n) is 13.5. The van der Waals surface area contributed by atoms with Crippen LogP contribution in [0.5, 0.6) is 0 Å². The minimum absolute atomic E-state index is 0.0105. The number of ether oxygens (including phenoxy) is 3. The largest absolute Gasteiger partial charge is 0.470 e. The molecule has 0 saturated carbocycles. The molecular weight excluding hydrogens is 361 g/mol. The van der Waals surface area contributed by atoms with Crippen molar-refractivity contribution in [2.75, 3.05) is 19.5 Å². The molecule has 0 amide bonds. The number of nitrogen functional groups attached to an aromatic ring is 1. The highest BCUT2D eigenvalue weighted by Crippen LogP contribution is 2.44. The standard InChI is InChI=1S/C12H20N3O9P/c1-6(21-2)22-10-9(24-25(18,19)20)7(5-16)23-11(10)15-4-3-8(13)14-12(15)17/h3-4,6-7,9-11,16H,5H2,1-2H3,(H2,13,14,17)(H2,18,19,20)/t6?,7-,9-,10-,11-/m1/s1. The Morgan fingerprint density at radius 3 is 2.68 bits per heavy atom. The smallest absolute Gasteiger partial charge is 0.394 e. The highest BCUT2D eigenvalue weighted by atomic mass is 31.2. The number of phosphoric acid groups is 1. The SMILES string of the molecule is COC(C)O[C@@H]1[C@H](OP(=O)(O)O)[C@@H](CO)O[C@H]1n1ccc(N)nc1=O. The zero-order chi connectivity index (χ0) is 18.8. The van der Waals surface area contributed by atoms with Crippen LogP contribution >= 0.6 is 7.82 Å². The summed E-state index contributed by atoms with van der Waals surface area (Å²) in [4.78, 5) is 33.9. The molecule has 142 valence electrons. The highest BCUT2D eigenvalue weighted by molar-refractivity contribution is 7.46. The van der Waals surface area contributed by atoms with Crippen molar-refractivity contribution in [3.05, 3.63) is 22.7 Å². The normalized spacial score (nSPS) is 28.2. The lowest BCUT2D eigenvalue weighted by molar-refractivity contribution is -0.181. The molecule has 5 atom stereocenters. The number of hydrogen-bond acceptors (Lipinski definition) is 9. The van der Waals surface area contributed by atoms with Gasteiger partial charge in [0.05, 0.1) is 6.61 Å². The number of nitrogens with zero attached hydrogens (tertiary/aromatic N) is 2. The number of anilines is 1. The van der Waals surface area contributed by atoms with Crippen LogP contribution in [0.4, 0.5) is 5.82 Å². The summed E-state index contributed by atoms with van der Waals surface area (Å²) in [7, 11) is -3.57. The first-order chi connectivity index (χ1) is 11.7. The Balaban J connectivity index is 2.42. The monoisotopic (exact) mass is 381 g/mol. The Labute approximate surface area is 142 Å². The Kier molecular flexibility index (Phi) is 6.30. The van der Waals surface area contributed by atoms with Crippen molar-refractivity contribution < 1.29 is 38.2 Å². The van der Waals surface area contributed by atoms with Gasteiger partial charge in [0.15, 0.2) is 12.5 Å². The van der Waals surface area contributed by atoms with E-state index in [0.29, 0.717) is 0 Å². The second kappa shape index (κ2) is 7.89. The van der Waals surface area contributed by atoms with Gasteiger partial charge in [-0.05, 0) is 13.0 Å². The van der Waals surface area contributed by atoms with Gasteiger partial charge in [0, 0.05) is 13.3 Å². The van der Waals surface area contributed by atoms with Crippen molar-refractivity contribution in [2.45, 2.75) is 37.8 Å². The average molecular weight is 381 g/mol. The maximum absolute atomic E-state index is 12.1. The molecule has 1 aliphatic heterocycles. The lowest BCUT2D eigenvalue weighted by Gasteiger charge is -2.27. The third kappa shape index (κ3) is 4.84. The van der Waals surface area contributed by atoms with Gasteiger partial charge in [-0.2, -0.15) is 4.98 Å². The molecule has 1 unspecified atom stereocenters. The maximum Gasteiger partial charge on any atom is 0.470 e. The summed E-state index contributed by atoms with van der Waals surface area (Å²) in [6.45, 7) is 0.904. The molecule has 1 aliphatic rings. The third-order valence-corrected chi connectivity index (χ3v) is 4.05. The van der Waals surface area contributed by atoms with E-state index in [-0.39, 0.29) is 5.82 Å². The topological polar surface area (TPSA) is 176 Å². The van der Waals surface area contributed by atoms with Gasteiger partial charge in [0.1, 0.15) is 24.1 Å². The van der Waals surface area contributed by atoms with Crippen LogP contribution in [-0.4, -0.2) is 62.8 Å². The van der Waals surface area contributed by atoms with Crippen molar-refractivity contribution in [3.8, 4) is 0 Å². The molecule has 12 nitrogen and oxygen atoms in total. The van der Waals surface area contributed by atoms with Gasteiger partial charge in [-0.3, -0.25) is 9.09 Å². The first kappa shape index (κ1) is 19.9. The predicted molar refractivity (Wildman–Crippen MR) is 82.2 cm³/mol. The van der Waals surface area contributed by atoms with Gasteiger partial charge in [0.2, 0.25) is 0 Å². The second-order valence-corrected chi connectivity index (χ2v) is 6.45. The van der Waals surface area contributed by atoms with Gasteiger partial charge in [-0.1, -0.05) is 0 Å². The van der Waals surface area contributed by atoms with Crippen LogP contribution in [0.1, 0.15) is 13.2 Å². The molecule has 0 radical (unpaired) electrons. The minimum Gasteiger partial charge on any atom is -0.394 e. The number of rotatable bonds is 7. The molecule has 2 heterocycles. The van der Waals surface area contributed by atoms with Crippen LogP contribution in [0.2, 0.25) is 0 Å². The highest BCUT2D eigenvalue weighted by Gasteiger charge is 2.50. The molecule has 2 rings (SSSR count). The second-order valence-electron chi connectivity index (χ2n) is 5.25. The lowest BCUT2D eigenvalue weighted by atomic mass is 10.1. The molecule has 0 aromatic carbocycles. The van der Waals surface area contributed by atoms with Crippen LogP contribution in [-0.2, 0) is 23.3 Å². The quantitative estimate of drug-likeness (QED) is 0.322. The molecule has 1 saturated heterocycles. The van der Waals surface area contributed by atoms with Crippen molar-refractivity contribution in [1.29, 1.82) is 0 Å². The fourth-order valence-corrected chi connectivity index (χ4v) is 2.98. The van der Waals surface area contributed by atoms with E-state index < -0.39 is 50.9 Å². The van der Waals surface area contributed by atoms with E-state index in [1.807, 2.05) is 0 Å². The number of aliphatic hydroxyl groups is 1. The van der Waals surface area contributed by atoms with Crippen molar-refractivity contribution >= 4 is 13.6 Å². The molecule has 0 aliphatic carbocycles. The third-order valence-electron chi connectivity index (χ3n) is 3.53. The summed E-state index contributed by atoms with van der Waals surface area (Å²) >= 11 is 0. The van der Waals surface area contributed by atoms with E-state index in [2.05, 4.69) is 4.98 Å². The maximum atomic E-state index is 12.1. The summed E-state index contributed by atoms with van der Waals surface area (Å²) in [5.41, 5.74) is 4.68. The average Bonchev–Trinajstić information content (AvgIpc) is 2.83. The van der Waals surface area contributed by atoms with Gasteiger partial charge in [0.25, 0.3) is 0 Å². The Morgan fingerprint density at radius 1 is 1.48 bits per heavy atom. The van der Waals surface area contributed by atoms with Crippen molar-refractivity contribution in [1.82, 2.24) is 9.55 Å². The van der Waals surface area contributed by atoms with Gasteiger partial charge in [-0.15, -0.1) is 0 Å². The number of aliphatic hydroxyl groups excluding tert-OH is 1. The first-order valence-electron chi connectivity index (χ1n) is 7.19. The van der Waals surface area contributed by atoms with Gasteiger partial charge >= 0.3 is 13.5 Å².